The van der Waals surface area contributed by atoms with Crippen molar-refractivity contribution in [2.75, 3.05) is 6.54 Å². The van der Waals surface area contributed by atoms with Crippen molar-refractivity contribution >= 4 is 15.9 Å². The molecule has 0 heterocycles. The highest BCUT2D eigenvalue weighted by molar-refractivity contribution is 9.10. The number of rotatable bonds is 4. The normalized spacial score (nSPS) is 25.4. The molecule has 0 bridgehead atoms. The van der Waals surface area contributed by atoms with E-state index in [1.54, 1.807) is 6.07 Å². The van der Waals surface area contributed by atoms with Gasteiger partial charge in [0.05, 0.1) is 6.10 Å². The molecule has 2 N–H and O–H groups in total. The van der Waals surface area contributed by atoms with Crippen molar-refractivity contribution in [3.63, 3.8) is 0 Å². The molecule has 4 heteroatoms. The summed E-state index contributed by atoms with van der Waals surface area (Å²) in [6.07, 6.45) is 1.68. The zero-order chi connectivity index (χ0) is 12.4. The third-order valence-electron chi connectivity index (χ3n) is 3.35. The Kier molecular flexibility index (Phi) is 4.17. The highest BCUT2D eigenvalue weighted by atomic mass is 79.9. The van der Waals surface area contributed by atoms with E-state index >= 15 is 0 Å². The van der Waals surface area contributed by atoms with Gasteiger partial charge in [-0.15, -0.1) is 0 Å². The number of aliphatic hydroxyl groups is 1. The van der Waals surface area contributed by atoms with Crippen LogP contribution in [-0.2, 0) is 0 Å². The summed E-state index contributed by atoms with van der Waals surface area (Å²) in [5.74, 6) is 0.349. The molecule has 0 radical (unpaired) electrons. The van der Waals surface area contributed by atoms with E-state index in [-0.39, 0.29) is 18.0 Å². The molecular formula is C13H17BrFNO. The van der Waals surface area contributed by atoms with Crippen molar-refractivity contribution in [3.8, 4) is 0 Å². The summed E-state index contributed by atoms with van der Waals surface area (Å²) in [7, 11) is 0. The first-order chi connectivity index (χ1) is 8.06. The van der Waals surface area contributed by atoms with Crippen LogP contribution in [0.3, 0.4) is 0 Å². The maximum absolute atomic E-state index is 13.0. The second-order valence-corrected chi connectivity index (χ2v) is 5.64. The predicted molar refractivity (Wildman–Crippen MR) is 69.2 cm³/mol. The minimum absolute atomic E-state index is 0.102. The van der Waals surface area contributed by atoms with Crippen LogP contribution in [0.15, 0.2) is 22.7 Å². The molecule has 1 saturated carbocycles. The first kappa shape index (κ1) is 13.0. The Morgan fingerprint density at radius 3 is 2.82 bits per heavy atom. The van der Waals surface area contributed by atoms with Crippen LogP contribution in [-0.4, -0.2) is 17.8 Å². The summed E-state index contributed by atoms with van der Waals surface area (Å²) >= 11 is 3.38. The van der Waals surface area contributed by atoms with Crippen molar-refractivity contribution in [1.29, 1.82) is 0 Å². The van der Waals surface area contributed by atoms with Crippen LogP contribution in [0.25, 0.3) is 0 Å². The molecule has 0 amide bonds. The Hall–Kier alpha value is -0.450. The number of hydrogen-bond acceptors (Lipinski definition) is 2. The summed E-state index contributed by atoms with van der Waals surface area (Å²) in [6.45, 7) is 2.97. The van der Waals surface area contributed by atoms with Crippen molar-refractivity contribution in [2.24, 2.45) is 5.92 Å². The molecule has 0 saturated heterocycles. The maximum Gasteiger partial charge on any atom is 0.124 e. The fourth-order valence-corrected chi connectivity index (χ4v) is 2.87. The van der Waals surface area contributed by atoms with E-state index in [0.29, 0.717) is 5.92 Å². The van der Waals surface area contributed by atoms with E-state index in [1.165, 1.54) is 12.1 Å². The maximum atomic E-state index is 13.0. The van der Waals surface area contributed by atoms with E-state index in [0.717, 1.165) is 29.4 Å². The number of benzene rings is 1. The molecule has 1 fully saturated rings. The first-order valence-electron chi connectivity index (χ1n) is 5.92. The summed E-state index contributed by atoms with van der Waals surface area (Å²) in [5, 5.41) is 12.6. The average molecular weight is 302 g/mol. The van der Waals surface area contributed by atoms with Crippen LogP contribution >= 0.6 is 15.9 Å². The third-order valence-corrected chi connectivity index (χ3v) is 4.04. The molecule has 1 aromatic rings. The predicted octanol–water partition coefficient (Wildman–Crippen LogP) is 3.01. The van der Waals surface area contributed by atoms with Crippen LogP contribution in [0.4, 0.5) is 4.39 Å². The molecule has 1 unspecified atom stereocenters. The number of nitrogens with one attached hydrogen (secondary N) is 1. The fraction of sp³-hybridized carbons (Fsp3) is 0.538. The lowest BCUT2D eigenvalue weighted by Crippen LogP contribution is -2.37. The minimum Gasteiger partial charge on any atom is -0.393 e. The highest BCUT2D eigenvalue weighted by Crippen LogP contribution is 2.28. The van der Waals surface area contributed by atoms with E-state index in [4.69, 9.17) is 0 Å². The molecule has 1 aromatic carbocycles. The second-order valence-electron chi connectivity index (χ2n) is 4.79. The van der Waals surface area contributed by atoms with Crippen LogP contribution < -0.4 is 5.32 Å². The zero-order valence-corrected chi connectivity index (χ0v) is 11.4. The largest absolute Gasteiger partial charge is 0.393 e. The monoisotopic (exact) mass is 301 g/mol. The molecule has 0 spiro atoms. The van der Waals surface area contributed by atoms with Gasteiger partial charge in [-0.05, 0) is 49.9 Å². The Bertz CT molecular complexity index is 393. The average Bonchev–Trinajstić information content (AvgIpc) is 2.22. The van der Waals surface area contributed by atoms with Crippen LogP contribution in [0.1, 0.15) is 31.4 Å². The fourth-order valence-electron chi connectivity index (χ4n) is 2.17. The van der Waals surface area contributed by atoms with E-state index in [1.807, 2.05) is 0 Å². The Balaban J connectivity index is 1.88. The van der Waals surface area contributed by atoms with Gasteiger partial charge in [0.25, 0.3) is 0 Å². The molecule has 0 aromatic heterocycles. The van der Waals surface area contributed by atoms with Crippen LogP contribution in [0, 0.1) is 11.7 Å². The molecule has 1 aliphatic carbocycles. The van der Waals surface area contributed by atoms with Gasteiger partial charge in [0.15, 0.2) is 0 Å². The number of aliphatic hydroxyl groups excluding tert-OH is 1. The van der Waals surface area contributed by atoms with Crippen LogP contribution in [0.5, 0.6) is 0 Å². The van der Waals surface area contributed by atoms with Gasteiger partial charge in [-0.1, -0.05) is 22.0 Å². The van der Waals surface area contributed by atoms with Gasteiger partial charge in [0.1, 0.15) is 5.82 Å². The SMILES string of the molecule is CC(NCC1CC(O)C1)c1ccc(F)cc1Br. The molecule has 94 valence electrons. The molecule has 1 aliphatic rings. The van der Waals surface area contributed by atoms with Gasteiger partial charge in [0.2, 0.25) is 0 Å². The van der Waals surface area contributed by atoms with Gasteiger partial charge < -0.3 is 10.4 Å². The van der Waals surface area contributed by atoms with Gasteiger partial charge in [-0.2, -0.15) is 0 Å². The van der Waals surface area contributed by atoms with Gasteiger partial charge in [-0.25, -0.2) is 4.39 Å². The first-order valence-corrected chi connectivity index (χ1v) is 6.72. The quantitative estimate of drug-likeness (QED) is 0.896. The Morgan fingerprint density at radius 2 is 2.24 bits per heavy atom. The molecule has 2 rings (SSSR count). The number of halogens is 2. The van der Waals surface area contributed by atoms with Crippen molar-refractivity contribution in [2.45, 2.75) is 31.9 Å². The van der Waals surface area contributed by atoms with Gasteiger partial charge in [0, 0.05) is 10.5 Å². The lowest BCUT2D eigenvalue weighted by atomic mass is 9.82. The van der Waals surface area contributed by atoms with Gasteiger partial charge in [-0.3, -0.25) is 0 Å². The van der Waals surface area contributed by atoms with Crippen LogP contribution in [0.2, 0.25) is 0 Å². The summed E-state index contributed by atoms with van der Waals surface area (Å²) in [5.41, 5.74) is 1.06. The minimum atomic E-state index is -0.227. The molecule has 1 atom stereocenters. The Labute approximate surface area is 109 Å². The molecule has 0 aliphatic heterocycles. The summed E-state index contributed by atoms with van der Waals surface area (Å²) in [6, 6.07) is 4.95. The molecular weight excluding hydrogens is 285 g/mol. The molecule has 2 nitrogen and oxygen atoms in total. The Morgan fingerprint density at radius 1 is 1.53 bits per heavy atom. The zero-order valence-electron chi connectivity index (χ0n) is 9.79. The standard InChI is InChI=1S/C13H17BrFNO/c1-8(16-7-9-4-11(17)5-9)12-3-2-10(15)6-13(12)14/h2-3,6,8-9,11,16-17H,4-5,7H2,1H3. The number of hydrogen-bond donors (Lipinski definition) is 2. The summed E-state index contributed by atoms with van der Waals surface area (Å²) in [4.78, 5) is 0. The highest BCUT2D eigenvalue weighted by Gasteiger charge is 2.27. The second kappa shape index (κ2) is 5.46. The van der Waals surface area contributed by atoms with E-state index in [9.17, 15) is 9.50 Å². The van der Waals surface area contributed by atoms with Crippen molar-refractivity contribution in [1.82, 2.24) is 5.32 Å². The van der Waals surface area contributed by atoms with E-state index in [2.05, 4.69) is 28.2 Å². The molecule has 17 heavy (non-hydrogen) atoms. The lowest BCUT2D eigenvalue weighted by molar-refractivity contribution is 0.0420. The van der Waals surface area contributed by atoms with Crippen molar-refractivity contribution < 1.29 is 9.50 Å². The third kappa shape index (κ3) is 3.27. The van der Waals surface area contributed by atoms with Gasteiger partial charge >= 0.3 is 0 Å². The van der Waals surface area contributed by atoms with Crippen molar-refractivity contribution in [3.05, 3.63) is 34.1 Å². The smallest absolute Gasteiger partial charge is 0.124 e. The summed E-state index contributed by atoms with van der Waals surface area (Å²) < 4.78 is 13.8. The topological polar surface area (TPSA) is 32.3 Å². The van der Waals surface area contributed by atoms with E-state index < -0.39 is 0 Å². The lowest BCUT2D eigenvalue weighted by Gasteiger charge is -2.32.